The Labute approximate surface area is 172 Å². The van der Waals surface area contributed by atoms with Gasteiger partial charge in [-0.25, -0.2) is 4.98 Å². The molecule has 1 aromatic heterocycles. The molecule has 150 valence electrons. The zero-order valence-corrected chi connectivity index (χ0v) is 17.0. The van der Waals surface area contributed by atoms with Crippen LogP contribution in [0.15, 0.2) is 47.8 Å². The highest BCUT2D eigenvalue weighted by Gasteiger charge is 2.11. The standard InChI is InChI=1S/C21H21N3O4S/c1-14-8-9-19(15(2)11-14)28-10-4-7-20(25)23-21-22-18(13-29-21)16-5-3-6-17(12-16)24(26)27/h3,5-6,8-9,11-13H,4,7,10H2,1-2H3,(H,22,23,25). The molecule has 0 aliphatic carbocycles. The fourth-order valence-electron chi connectivity index (χ4n) is 2.80. The molecule has 0 bridgehead atoms. The van der Waals surface area contributed by atoms with E-state index in [0.717, 1.165) is 11.3 Å². The highest BCUT2D eigenvalue weighted by atomic mass is 32.1. The molecule has 0 aliphatic rings. The summed E-state index contributed by atoms with van der Waals surface area (Å²) < 4.78 is 5.74. The summed E-state index contributed by atoms with van der Waals surface area (Å²) in [5.74, 6) is 0.687. The van der Waals surface area contributed by atoms with Crippen molar-refractivity contribution in [2.24, 2.45) is 0 Å². The Bertz CT molecular complexity index is 1030. The van der Waals surface area contributed by atoms with Crippen LogP contribution in [0.4, 0.5) is 10.8 Å². The number of hydrogen-bond acceptors (Lipinski definition) is 6. The van der Waals surface area contributed by atoms with Gasteiger partial charge < -0.3 is 10.1 Å². The predicted octanol–water partition coefficient (Wildman–Crippen LogP) is 5.13. The van der Waals surface area contributed by atoms with Gasteiger partial charge in [0, 0.05) is 29.5 Å². The number of nitrogens with one attached hydrogen (secondary N) is 1. The summed E-state index contributed by atoms with van der Waals surface area (Å²) in [5, 5.41) is 15.9. The topological polar surface area (TPSA) is 94.4 Å². The molecule has 8 heteroatoms. The fourth-order valence-corrected chi connectivity index (χ4v) is 3.54. The molecule has 1 N–H and O–H groups in total. The van der Waals surface area contributed by atoms with Gasteiger partial charge in [0.15, 0.2) is 5.13 Å². The molecule has 29 heavy (non-hydrogen) atoms. The van der Waals surface area contributed by atoms with Crippen molar-refractivity contribution in [3.05, 3.63) is 69.1 Å². The van der Waals surface area contributed by atoms with Gasteiger partial charge in [-0.05, 0) is 31.9 Å². The molecule has 1 heterocycles. The van der Waals surface area contributed by atoms with Crippen LogP contribution in [-0.4, -0.2) is 22.4 Å². The number of carbonyl (C=O) groups is 1. The number of thiazole rings is 1. The Balaban J connectivity index is 1.49. The molecule has 1 amide bonds. The molecule has 0 spiro atoms. The van der Waals surface area contributed by atoms with Gasteiger partial charge in [0.2, 0.25) is 5.91 Å². The number of amides is 1. The molecular weight excluding hydrogens is 390 g/mol. The van der Waals surface area contributed by atoms with Crippen molar-refractivity contribution in [1.82, 2.24) is 4.98 Å². The number of anilines is 1. The van der Waals surface area contributed by atoms with Gasteiger partial charge >= 0.3 is 0 Å². The second-order valence-corrected chi connectivity index (χ2v) is 7.47. The lowest BCUT2D eigenvalue weighted by molar-refractivity contribution is -0.384. The number of nitro benzene ring substituents is 1. The second kappa shape index (κ2) is 9.29. The van der Waals surface area contributed by atoms with Crippen molar-refractivity contribution in [3.63, 3.8) is 0 Å². The molecule has 0 saturated heterocycles. The molecule has 7 nitrogen and oxygen atoms in total. The van der Waals surface area contributed by atoms with E-state index in [1.807, 2.05) is 26.0 Å². The highest BCUT2D eigenvalue weighted by molar-refractivity contribution is 7.14. The fraction of sp³-hybridized carbons (Fsp3) is 0.238. The zero-order valence-electron chi connectivity index (χ0n) is 16.2. The number of carbonyl (C=O) groups excluding carboxylic acids is 1. The third-order valence-corrected chi connectivity index (χ3v) is 5.00. The lowest BCUT2D eigenvalue weighted by Crippen LogP contribution is -2.12. The number of aryl methyl sites for hydroxylation is 2. The minimum atomic E-state index is -0.446. The molecule has 0 aliphatic heterocycles. The largest absolute Gasteiger partial charge is 0.493 e. The first kappa shape index (κ1) is 20.5. The normalized spacial score (nSPS) is 10.6. The van der Waals surface area contributed by atoms with Crippen molar-refractivity contribution in [3.8, 4) is 17.0 Å². The molecule has 0 saturated carbocycles. The molecule has 3 rings (SSSR count). The maximum Gasteiger partial charge on any atom is 0.270 e. The Morgan fingerprint density at radius 1 is 1.24 bits per heavy atom. The molecule has 3 aromatic rings. The van der Waals surface area contributed by atoms with E-state index in [2.05, 4.69) is 16.4 Å². The Morgan fingerprint density at radius 2 is 2.07 bits per heavy atom. The van der Waals surface area contributed by atoms with Gasteiger partial charge in [0.25, 0.3) is 5.69 Å². The molecule has 0 unspecified atom stereocenters. The Morgan fingerprint density at radius 3 is 2.83 bits per heavy atom. The van der Waals surface area contributed by atoms with Crippen molar-refractivity contribution in [1.29, 1.82) is 0 Å². The number of nitro groups is 1. The van der Waals surface area contributed by atoms with Gasteiger partial charge in [-0.3, -0.25) is 14.9 Å². The van der Waals surface area contributed by atoms with Crippen LogP contribution >= 0.6 is 11.3 Å². The van der Waals surface area contributed by atoms with Crippen LogP contribution in [-0.2, 0) is 4.79 Å². The van der Waals surface area contributed by atoms with Gasteiger partial charge in [0.1, 0.15) is 5.75 Å². The molecule has 2 aromatic carbocycles. The average molecular weight is 411 g/mol. The highest BCUT2D eigenvalue weighted by Crippen LogP contribution is 2.27. The number of ether oxygens (including phenoxy) is 1. The lowest BCUT2D eigenvalue weighted by Gasteiger charge is -2.09. The molecular formula is C21H21N3O4S. The SMILES string of the molecule is Cc1ccc(OCCCC(=O)Nc2nc(-c3cccc([N+](=O)[O-])c3)cs2)c(C)c1. The smallest absolute Gasteiger partial charge is 0.270 e. The van der Waals surface area contributed by atoms with Gasteiger partial charge in [-0.1, -0.05) is 29.8 Å². The van der Waals surface area contributed by atoms with Gasteiger partial charge in [-0.2, -0.15) is 0 Å². The van der Waals surface area contributed by atoms with E-state index in [9.17, 15) is 14.9 Å². The minimum Gasteiger partial charge on any atom is -0.493 e. The van der Waals surface area contributed by atoms with Gasteiger partial charge in [-0.15, -0.1) is 11.3 Å². The molecule has 0 radical (unpaired) electrons. The summed E-state index contributed by atoms with van der Waals surface area (Å²) in [6, 6.07) is 12.2. The first-order chi connectivity index (χ1) is 13.9. The van der Waals surface area contributed by atoms with E-state index in [1.165, 1.54) is 29.0 Å². The van der Waals surface area contributed by atoms with Crippen molar-refractivity contribution < 1.29 is 14.5 Å². The van der Waals surface area contributed by atoms with Crippen molar-refractivity contribution in [2.75, 3.05) is 11.9 Å². The van der Waals surface area contributed by atoms with Crippen molar-refractivity contribution >= 4 is 28.1 Å². The average Bonchev–Trinajstić information content (AvgIpc) is 3.15. The first-order valence-corrected chi connectivity index (χ1v) is 10.0. The third kappa shape index (κ3) is 5.61. The van der Waals surface area contributed by atoms with E-state index >= 15 is 0 Å². The number of aromatic nitrogens is 1. The van der Waals surface area contributed by atoms with Crippen LogP contribution in [0.1, 0.15) is 24.0 Å². The monoisotopic (exact) mass is 411 g/mol. The van der Waals surface area contributed by atoms with E-state index in [0.29, 0.717) is 35.8 Å². The Kier molecular flexibility index (Phi) is 6.56. The summed E-state index contributed by atoms with van der Waals surface area (Å²) in [6.07, 6.45) is 0.902. The first-order valence-electron chi connectivity index (χ1n) is 9.12. The van der Waals surface area contributed by atoms with Crippen LogP contribution in [0, 0.1) is 24.0 Å². The lowest BCUT2D eigenvalue weighted by atomic mass is 10.1. The summed E-state index contributed by atoms with van der Waals surface area (Å²) >= 11 is 1.28. The van der Waals surface area contributed by atoms with Crippen LogP contribution in [0.3, 0.4) is 0 Å². The number of non-ortho nitro benzene ring substituents is 1. The Hall–Kier alpha value is -3.26. The van der Waals surface area contributed by atoms with E-state index in [-0.39, 0.29) is 11.6 Å². The maximum atomic E-state index is 12.1. The summed E-state index contributed by atoms with van der Waals surface area (Å²) in [6.45, 7) is 4.48. The van der Waals surface area contributed by atoms with Crippen LogP contribution in [0.2, 0.25) is 0 Å². The molecule has 0 fully saturated rings. The maximum absolute atomic E-state index is 12.1. The third-order valence-electron chi connectivity index (χ3n) is 4.24. The van der Waals surface area contributed by atoms with Crippen LogP contribution in [0.25, 0.3) is 11.3 Å². The zero-order chi connectivity index (χ0) is 20.8. The molecule has 0 atom stereocenters. The van der Waals surface area contributed by atoms with Gasteiger partial charge in [0.05, 0.1) is 17.2 Å². The number of nitrogens with zero attached hydrogens (tertiary/aromatic N) is 2. The van der Waals surface area contributed by atoms with Crippen LogP contribution in [0.5, 0.6) is 5.75 Å². The number of rotatable bonds is 8. The van der Waals surface area contributed by atoms with Crippen LogP contribution < -0.4 is 10.1 Å². The second-order valence-electron chi connectivity index (χ2n) is 6.61. The van der Waals surface area contributed by atoms with Crippen molar-refractivity contribution in [2.45, 2.75) is 26.7 Å². The van der Waals surface area contributed by atoms with E-state index in [4.69, 9.17) is 4.74 Å². The number of benzene rings is 2. The quantitative estimate of drug-likeness (QED) is 0.315. The summed E-state index contributed by atoms with van der Waals surface area (Å²) in [4.78, 5) is 26.9. The summed E-state index contributed by atoms with van der Waals surface area (Å²) in [5.41, 5.74) is 3.49. The summed E-state index contributed by atoms with van der Waals surface area (Å²) in [7, 11) is 0. The predicted molar refractivity (Wildman–Crippen MR) is 113 cm³/mol. The van der Waals surface area contributed by atoms with E-state index < -0.39 is 4.92 Å². The minimum absolute atomic E-state index is 0.00454. The van der Waals surface area contributed by atoms with E-state index in [1.54, 1.807) is 17.5 Å². The number of hydrogen-bond donors (Lipinski definition) is 1.